The summed E-state index contributed by atoms with van der Waals surface area (Å²) in [5.74, 6) is 1.84. The average molecular weight is 821 g/mol. The quantitative estimate of drug-likeness (QED) is 0.162. The van der Waals surface area contributed by atoms with Gasteiger partial charge in [0.1, 0.15) is 11.2 Å². The number of aromatic nitrogens is 4. The van der Waals surface area contributed by atoms with Crippen LogP contribution >= 0.6 is 11.3 Å². The Morgan fingerprint density at radius 3 is 1.81 bits per heavy atom. The maximum atomic E-state index is 6.31. The highest BCUT2D eigenvalue weighted by atomic mass is 32.1. The summed E-state index contributed by atoms with van der Waals surface area (Å²) < 4.78 is 11.2. The highest BCUT2D eigenvalue weighted by Crippen LogP contribution is 2.49. The molecule has 0 aliphatic rings. The van der Waals surface area contributed by atoms with E-state index in [9.17, 15) is 0 Å². The first-order valence-corrected chi connectivity index (χ1v) is 22.0. The summed E-state index contributed by atoms with van der Waals surface area (Å²) in [5, 5.41) is 12.2. The van der Waals surface area contributed by atoms with Gasteiger partial charge in [-0.2, -0.15) is 0 Å². The topological polar surface area (TPSA) is 56.7 Å². The average Bonchev–Trinajstić information content (AvgIpc) is 4.03. The number of hydrogen-bond acceptors (Lipinski definition) is 5. The third kappa shape index (κ3) is 5.07. The SMILES string of the molecule is c1ccc(-c2nc(-c3ccc4c(c3)oc3ccccc34)nc(-c3ccc4sc5cccc(-c6ccc7c8c6c6ccccc6c6cccc(c68)n7-c6ccccc6)c5c4c3)n2)cc1. The molecule has 0 N–H and O–H groups in total. The Balaban J connectivity index is 1.00. The molecule has 0 aliphatic heterocycles. The first-order valence-electron chi connectivity index (χ1n) is 21.2. The summed E-state index contributed by atoms with van der Waals surface area (Å²) in [4.78, 5) is 15.4. The molecule has 0 aliphatic carbocycles. The van der Waals surface area contributed by atoms with Gasteiger partial charge in [-0.1, -0.05) is 127 Å². The van der Waals surface area contributed by atoms with Crippen LogP contribution in [0.3, 0.4) is 0 Å². The number of benzene rings is 10. The molecule has 6 heteroatoms. The highest BCUT2D eigenvalue weighted by molar-refractivity contribution is 7.26. The molecule has 0 radical (unpaired) electrons. The Labute approximate surface area is 364 Å². The van der Waals surface area contributed by atoms with Crippen molar-refractivity contribution in [1.29, 1.82) is 0 Å². The molecule has 63 heavy (non-hydrogen) atoms. The molecule has 4 aromatic heterocycles. The van der Waals surface area contributed by atoms with E-state index in [-0.39, 0.29) is 0 Å². The molecule has 292 valence electrons. The van der Waals surface area contributed by atoms with Crippen LogP contribution in [0.2, 0.25) is 0 Å². The Morgan fingerprint density at radius 1 is 0.349 bits per heavy atom. The standard InChI is InChI=1S/C57H32N4OS/c1-3-13-33(14-4-1)55-58-56(60-57(59-55)35-25-27-39-38-18-9-10-23-47(38)62-48(39)32-35)34-26-30-49-44(31-34)51-42(21-12-24-50(51)63-49)43-28-29-46-54-52(43)40-19-8-7-17-37(40)41-20-11-22-45(53(41)54)61(46)36-15-5-2-6-16-36/h1-32H. The van der Waals surface area contributed by atoms with Gasteiger partial charge in [0.25, 0.3) is 0 Å². The molecule has 0 unspecified atom stereocenters. The lowest BCUT2D eigenvalue weighted by Gasteiger charge is -2.14. The maximum absolute atomic E-state index is 6.31. The fraction of sp³-hybridized carbons (Fsp3) is 0. The normalized spacial score (nSPS) is 12.1. The minimum absolute atomic E-state index is 0.595. The molecule has 0 spiro atoms. The molecule has 14 rings (SSSR count). The minimum atomic E-state index is 0.595. The van der Waals surface area contributed by atoms with Crippen molar-refractivity contribution in [3.63, 3.8) is 0 Å². The Morgan fingerprint density at radius 2 is 0.968 bits per heavy atom. The fourth-order valence-corrected chi connectivity index (χ4v) is 11.2. The molecule has 10 aromatic carbocycles. The molecule has 4 heterocycles. The lowest BCUT2D eigenvalue weighted by atomic mass is 9.88. The van der Waals surface area contributed by atoms with E-state index in [1.54, 1.807) is 0 Å². The van der Waals surface area contributed by atoms with Gasteiger partial charge in [-0.25, -0.2) is 15.0 Å². The van der Waals surface area contributed by atoms with Crippen molar-refractivity contribution in [3.8, 4) is 51.0 Å². The molecule has 14 aromatic rings. The van der Waals surface area contributed by atoms with Crippen molar-refractivity contribution >= 4 is 96.8 Å². The number of nitrogens with zero attached hydrogens (tertiary/aromatic N) is 4. The summed E-state index contributed by atoms with van der Waals surface area (Å²) in [6.07, 6.45) is 0. The van der Waals surface area contributed by atoms with Gasteiger partial charge in [-0.05, 0) is 94.0 Å². The zero-order valence-electron chi connectivity index (χ0n) is 33.6. The second kappa shape index (κ2) is 13.2. The van der Waals surface area contributed by atoms with Gasteiger partial charge in [0, 0.05) is 69.5 Å². The molecule has 0 saturated heterocycles. The molecular formula is C57H32N4OS. The van der Waals surface area contributed by atoms with Crippen LogP contribution < -0.4 is 0 Å². The van der Waals surface area contributed by atoms with Crippen molar-refractivity contribution in [1.82, 2.24) is 19.5 Å². The zero-order valence-corrected chi connectivity index (χ0v) is 34.4. The van der Waals surface area contributed by atoms with Crippen LogP contribution in [0.15, 0.2) is 199 Å². The number of para-hydroxylation sites is 2. The predicted octanol–water partition coefficient (Wildman–Crippen LogP) is 15.6. The van der Waals surface area contributed by atoms with E-state index in [2.05, 4.69) is 156 Å². The van der Waals surface area contributed by atoms with E-state index < -0.39 is 0 Å². The minimum Gasteiger partial charge on any atom is -0.456 e. The van der Waals surface area contributed by atoms with Crippen molar-refractivity contribution in [2.45, 2.75) is 0 Å². The summed E-state index contributed by atoms with van der Waals surface area (Å²) in [7, 11) is 0. The third-order valence-electron chi connectivity index (χ3n) is 12.8. The second-order valence-electron chi connectivity index (χ2n) is 16.3. The molecule has 0 saturated carbocycles. The van der Waals surface area contributed by atoms with Crippen molar-refractivity contribution in [2.75, 3.05) is 0 Å². The first kappa shape index (κ1) is 34.5. The van der Waals surface area contributed by atoms with Gasteiger partial charge in [0.15, 0.2) is 17.5 Å². The molecule has 0 fully saturated rings. The smallest absolute Gasteiger partial charge is 0.164 e. The maximum Gasteiger partial charge on any atom is 0.164 e. The van der Waals surface area contributed by atoms with Gasteiger partial charge in [0.2, 0.25) is 0 Å². The van der Waals surface area contributed by atoms with Crippen LogP contribution in [0.5, 0.6) is 0 Å². The third-order valence-corrected chi connectivity index (χ3v) is 13.9. The van der Waals surface area contributed by atoms with Crippen LogP contribution in [0.1, 0.15) is 0 Å². The van der Waals surface area contributed by atoms with Crippen LogP contribution in [0.4, 0.5) is 0 Å². The lowest BCUT2D eigenvalue weighted by Crippen LogP contribution is -2.00. The molecular weight excluding hydrogens is 789 g/mol. The van der Waals surface area contributed by atoms with E-state index in [0.717, 1.165) is 44.3 Å². The van der Waals surface area contributed by atoms with E-state index in [4.69, 9.17) is 19.4 Å². The first-order chi connectivity index (χ1) is 31.2. The Kier molecular flexibility index (Phi) is 7.21. The van der Waals surface area contributed by atoms with Crippen LogP contribution in [0, 0.1) is 0 Å². The van der Waals surface area contributed by atoms with Crippen LogP contribution in [0.25, 0.3) is 136 Å². The van der Waals surface area contributed by atoms with Crippen LogP contribution in [-0.2, 0) is 0 Å². The van der Waals surface area contributed by atoms with Gasteiger partial charge in [-0.3, -0.25) is 0 Å². The van der Waals surface area contributed by atoms with Gasteiger partial charge in [0.05, 0.1) is 11.0 Å². The predicted molar refractivity (Wildman–Crippen MR) is 262 cm³/mol. The highest BCUT2D eigenvalue weighted by Gasteiger charge is 2.24. The Bertz CT molecular complexity index is 4150. The number of fused-ring (bicyclic) bond motifs is 9. The summed E-state index contributed by atoms with van der Waals surface area (Å²) in [5.41, 5.74) is 10.4. The molecule has 0 amide bonds. The van der Waals surface area contributed by atoms with E-state index in [0.29, 0.717) is 17.5 Å². The molecule has 0 bridgehead atoms. The van der Waals surface area contributed by atoms with Gasteiger partial charge < -0.3 is 8.98 Å². The number of furan rings is 1. The largest absolute Gasteiger partial charge is 0.456 e. The van der Waals surface area contributed by atoms with Crippen molar-refractivity contribution < 1.29 is 4.42 Å². The monoisotopic (exact) mass is 820 g/mol. The second-order valence-corrected chi connectivity index (χ2v) is 17.4. The van der Waals surface area contributed by atoms with Crippen molar-refractivity contribution in [3.05, 3.63) is 194 Å². The van der Waals surface area contributed by atoms with E-state index in [1.807, 2.05) is 53.8 Å². The molecule has 0 atom stereocenters. The van der Waals surface area contributed by atoms with E-state index in [1.165, 1.54) is 74.6 Å². The van der Waals surface area contributed by atoms with Crippen molar-refractivity contribution in [2.24, 2.45) is 0 Å². The Hall–Kier alpha value is -8.19. The number of rotatable bonds is 5. The van der Waals surface area contributed by atoms with Gasteiger partial charge >= 0.3 is 0 Å². The van der Waals surface area contributed by atoms with Gasteiger partial charge in [-0.15, -0.1) is 11.3 Å². The number of thiophene rings is 1. The summed E-state index contributed by atoms with van der Waals surface area (Å²) >= 11 is 1.83. The summed E-state index contributed by atoms with van der Waals surface area (Å²) in [6, 6.07) is 69.1. The van der Waals surface area contributed by atoms with E-state index >= 15 is 0 Å². The summed E-state index contributed by atoms with van der Waals surface area (Å²) in [6.45, 7) is 0. The van der Waals surface area contributed by atoms with Crippen LogP contribution in [-0.4, -0.2) is 19.5 Å². The lowest BCUT2D eigenvalue weighted by molar-refractivity contribution is 0.669. The number of hydrogen-bond donors (Lipinski definition) is 0. The molecule has 5 nitrogen and oxygen atoms in total. The zero-order chi connectivity index (χ0) is 41.2. The fourth-order valence-electron chi connectivity index (χ4n) is 10.1.